The van der Waals surface area contributed by atoms with Gasteiger partial charge in [0.25, 0.3) is 0 Å². The Morgan fingerprint density at radius 1 is 0.339 bits per heavy atom. The molecular weight excluding hydrogens is 688 g/mol. The quantitative estimate of drug-likeness (QED) is 0.159. The average Bonchev–Trinajstić information content (AvgIpc) is 3.66. The minimum atomic E-state index is -0.268. The van der Waals surface area contributed by atoms with Crippen LogP contribution in [-0.4, -0.2) is 0 Å². The van der Waals surface area contributed by atoms with Crippen molar-refractivity contribution in [1.82, 2.24) is 0 Å². The summed E-state index contributed by atoms with van der Waals surface area (Å²) in [5.74, 6) is -0.268. The maximum Gasteiger partial charge on any atom is 0.143 e. The Morgan fingerprint density at radius 2 is 0.857 bits per heavy atom. The van der Waals surface area contributed by atoms with Gasteiger partial charge in [-0.3, -0.25) is 0 Å². The van der Waals surface area contributed by atoms with Crippen LogP contribution in [0.3, 0.4) is 0 Å². The second-order valence-electron chi connectivity index (χ2n) is 14.2. The van der Waals surface area contributed by atoms with E-state index in [0.29, 0.717) is 0 Å². The predicted octanol–water partition coefficient (Wildman–Crippen LogP) is 15.3. The Bertz CT molecular complexity index is 3230. The highest BCUT2D eigenvalue weighted by Crippen LogP contribution is 2.47. The van der Waals surface area contributed by atoms with E-state index in [1.54, 1.807) is 12.1 Å². The van der Waals surface area contributed by atoms with Gasteiger partial charge in [0.15, 0.2) is 0 Å². The topological polar surface area (TPSA) is 19.6 Å². The zero-order valence-corrected chi connectivity index (χ0v) is 30.2. The van der Waals surface area contributed by atoms with E-state index in [-0.39, 0.29) is 5.82 Å². The number of rotatable bonds is 6. The van der Waals surface area contributed by atoms with Crippen molar-refractivity contribution in [1.29, 1.82) is 0 Å². The number of benzene rings is 10. The fourth-order valence-electron chi connectivity index (χ4n) is 8.55. The minimum absolute atomic E-state index is 0.268. The molecule has 11 aromatic rings. The number of anilines is 6. The van der Waals surface area contributed by atoms with E-state index in [1.807, 2.05) is 36.4 Å². The van der Waals surface area contributed by atoms with Crippen LogP contribution in [0.1, 0.15) is 0 Å². The van der Waals surface area contributed by atoms with Gasteiger partial charge < -0.3 is 14.2 Å². The molecule has 0 amide bonds. The summed E-state index contributed by atoms with van der Waals surface area (Å²) in [7, 11) is 0. The number of nitrogens with zero attached hydrogens (tertiary/aromatic N) is 2. The molecule has 0 fully saturated rings. The lowest BCUT2D eigenvalue weighted by molar-refractivity contribution is 0.630. The first-order chi connectivity index (χ1) is 27.7. The average molecular weight is 721 g/mol. The first-order valence-corrected chi connectivity index (χ1v) is 18.9. The van der Waals surface area contributed by atoms with E-state index in [4.69, 9.17) is 4.42 Å². The summed E-state index contributed by atoms with van der Waals surface area (Å²) < 4.78 is 21.6. The van der Waals surface area contributed by atoms with Gasteiger partial charge in [-0.15, -0.1) is 0 Å². The molecule has 0 N–H and O–H groups in total. The Labute approximate surface area is 322 Å². The van der Waals surface area contributed by atoms with E-state index in [9.17, 15) is 4.39 Å². The van der Waals surface area contributed by atoms with Crippen molar-refractivity contribution in [3.8, 4) is 0 Å². The summed E-state index contributed by atoms with van der Waals surface area (Å²) in [6.45, 7) is 0. The fourth-order valence-corrected chi connectivity index (χ4v) is 8.55. The second-order valence-corrected chi connectivity index (χ2v) is 14.2. The summed E-state index contributed by atoms with van der Waals surface area (Å²) in [5.41, 5.74) is 7.81. The van der Waals surface area contributed by atoms with Crippen molar-refractivity contribution < 1.29 is 8.81 Å². The maximum absolute atomic E-state index is 14.9. The highest BCUT2D eigenvalue weighted by Gasteiger charge is 2.22. The maximum atomic E-state index is 14.9. The van der Waals surface area contributed by atoms with Crippen LogP contribution in [-0.2, 0) is 0 Å². The van der Waals surface area contributed by atoms with Crippen molar-refractivity contribution in [2.24, 2.45) is 0 Å². The molecule has 0 atom stereocenters. The third-order valence-electron chi connectivity index (χ3n) is 11.0. The molecule has 1 heterocycles. The molecule has 0 spiro atoms. The molecule has 0 radical (unpaired) electrons. The van der Waals surface area contributed by atoms with Gasteiger partial charge in [-0.1, -0.05) is 115 Å². The molecule has 0 saturated carbocycles. The first kappa shape index (κ1) is 32.0. The van der Waals surface area contributed by atoms with Crippen LogP contribution in [0.2, 0.25) is 0 Å². The van der Waals surface area contributed by atoms with Crippen molar-refractivity contribution in [2.75, 3.05) is 9.80 Å². The molecule has 0 aliphatic rings. The first-order valence-electron chi connectivity index (χ1n) is 18.9. The van der Waals surface area contributed by atoms with Crippen molar-refractivity contribution >= 4 is 99.2 Å². The SMILES string of the molecule is Fc1ccc2c3ccc(N(c4ccc(N(c5ccccc5)c5ccccc5)cc4)c4cc5ccccc5c5ccccc45)cc3c3oc4ccccc4c3c2c1. The number of hydrogen-bond acceptors (Lipinski definition) is 3. The minimum Gasteiger partial charge on any atom is -0.455 e. The van der Waals surface area contributed by atoms with E-state index >= 15 is 0 Å². The standard InChI is InChI=1S/C52H33FN2O/c53-35-23-29-43-44-30-28-40(33-48(44)52-51(47(43)32-35)46-21-11-12-22-50(46)56-52)55(49-31-34-13-7-8-18-41(34)42-19-9-10-20-45(42)49)39-26-24-38(25-27-39)54(36-14-3-1-4-15-36)37-16-5-2-6-17-37/h1-33H. The summed E-state index contributed by atoms with van der Waals surface area (Å²) in [6.07, 6.45) is 0. The van der Waals surface area contributed by atoms with E-state index in [0.717, 1.165) is 88.4 Å². The van der Waals surface area contributed by atoms with Crippen molar-refractivity contribution in [3.05, 3.63) is 206 Å². The van der Waals surface area contributed by atoms with Crippen LogP contribution in [0.4, 0.5) is 38.5 Å². The van der Waals surface area contributed by atoms with Gasteiger partial charge >= 0.3 is 0 Å². The van der Waals surface area contributed by atoms with Crippen LogP contribution >= 0.6 is 0 Å². The van der Waals surface area contributed by atoms with Crippen LogP contribution < -0.4 is 9.80 Å². The second kappa shape index (κ2) is 12.9. The van der Waals surface area contributed by atoms with Gasteiger partial charge in [0.1, 0.15) is 17.0 Å². The van der Waals surface area contributed by atoms with Gasteiger partial charge in [-0.05, 0) is 117 Å². The van der Waals surface area contributed by atoms with Crippen molar-refractivity contribution in [2.45, 2.75) is 0 Å². The number of hydrogen-bond donors (Lipinski definition) is 0. The molecule has 56 heavy (non-hydrogen) atoms. The monoisotopic (exact) mass is 720 g/mol. The smallest absolute Gasteiger partial charge is 0.143 e. The molecule has 0 unspecified atom stereocenters. The Hall–Kier alpha value is -7.43. The van der Waals surface area contributed by atoms with Crippen LogP contribution in [0.15, 0.2) is 205 Å². The lowest BCUT2D eigenvalue weighted by Gasteiger charge is -2.29. The fraction of sp³-hybridized carbons (Fsp3) is 0. The lowest BCUT2D eigenvalue weighted by atomic mass is 9.95. The third-order valence-corrected chi connectivity index (χ3v) is 11.0. The zero-order valence-electron chi connectivity index (χ0n) is 30.2. The summed E-state index contributed by atoms with van der Waals surface area (Å²) in [5, 5.41) is 10.4. The Balaban J connectivity index is 1.18. The summed E-state index contributed by atoms with van der Waals surface area (Å²) in [4.78, 5) is 4.64. The van der Waals surface area contributed by atoms with E-state index < -0.39 is 0 Å². The van der Waals surface area contributed by atoms with Gasteiger partial charge in [0.05, 0.1) is 5.69 Å². The highest BCUT2D eigenvalue weighted by atomic mass is 19.1. The molecule has 0 saturated heterocycles. The molecular formula is C52H33FN2O. The molecule has 0 aliphatic carbocycles. The van der Waals surface area contributed by atoms with E-state index in [2.05, 4.69) is 161 Å². The number of halogens is 1. The molecule has 11 rings (SSSR count). The molecule has 3 nitrogen and oxygen atoms in total. The molecule has 4 heteroatoms. The largest absolute Gasteiger partial charge is 0.455 e. The van der Waals surface area contributed by atoms with Crippen molar-refractivity contribution in [3.63, 3.8) is 0 Å². The van der Waals surface area contributed by atoms with Gasteiger partial charge in [0, 0.05) is 50.0 Å². The number of para-hydroxylation sites is 3. The van der Waals surface area contributed by atoms with E-state index in [1.165, 1.54) is 10.8 Å². The van der Waals surface area contributed by atoms with Gasteiger partial charge in [-0.25, -0.2) is 4.39 Å². The van der Waals surface area contributed by atoms with Gasteiger partial charge in [-0.2, -0.15) is 0 Å². The molecule has 1 aromatic heterocycles. The molecule has 0 aliphatic heterocycles. The third kappa shape index (κ3) is 5.11. The van der Waals surface area contributed by atoms with Crippen LogP contribution in [0.25, 0.3) is 65.0 Å². The van der Waals surface area contributed by atoms with Crippen LogP contribution in [0.5, 0.6) is 0 Å². The van der Waals surface area contributed by atoms with Gasteiger partial charge in [0.2, 0.25) is 0 Å². The summed E-state index contributed by atoms with van der Waals surface area (Å²) in [6, 6.07) is 69.0. The molecule has 264 valence electrons. The predicted molar refractivity (Wildman–Crippen MR) is 233 cm³/mol. The Morgan fingerprint density at radius 3 is 1.59 bits per heavy atom. The zero-order chi connectivity index (χ0) is 37.2. The normalized spacial score (nSPS) is 11.7. The highest BCUT2D eigenvalue weighted by molar-refractivity contribution is 6.30. The molecule has 0 bridgehead atoms. The Kier molecular flexibility index (Phi) is 7.36. The number of furan rings is 1. The van der Waals surface area contributed by atoms with Crippen LogP contribution in [0, 0.1) is 5.82 Å². The molecule has 10 aromatic carbocycles. The summed E-state index contributed by atoms with van der Waals surface area (Å²) >= 11 is 0. The lowest BCUT2D eigenvalue weighted by Crippen LogP contribution is -2.12. The number of fused-ring (bicyclic) bond motifs is 11.